The molecule has 1 N–H and O–H groups in total. The molecule has 0 aromatic rings. The molecule has 0 heterocycles. The zero-order chi connectivity index (χ0) is 13.7. The van der Waals surface area contributed by atoms with Crippen LogP contribution in [0.5, 0.6) is 0 Å². The fourth-order valence-electron chi connectivity index (χ4n) is 3.43. The standard InChI is InChI=1S/C15H30N2O2/c1-4-19-14-11-13(15(14)18-3)16-9-10-17(2)12-7-5-6-8-12/h12-16H,4-11H2,1-3H3. The van der Waals surface area contributed by atoms with Crippen molar-refractivity contribution in [1.29, 1.82) is 0 Å². The fraction of sp³-hybridized carbons (Fsp3) is 1.00. The van der Waals surface area contributed by atoms with Crippen LogP contribution < -0.4 is 5.32 Å². The van der Waals surface area contributed by atoms with Crippen LogP contribution in [-0.2, 0) is 9.47 Å². The third-order valence-corrected chi connectivity index (χ3v) is 4.72. The van der Waals surface area contributed by atoms with E-state index >= 15 is 0 Å². The molecule has 2 rings (SSSR count). The van der Waals surface area contributed by atoms with E-state index in [2.05, 4.69) is 17.3 Å². The smallest absolute Gasteiger partial charge is 0.0986 e. The first-order valence-corrected chi connectivity index (χ1v) is 7.84. The Bertz CT molecular complexity index is 257. The Balaban J connectivity index is 1.60. The Labute approximate surface area is 117 Å². The second-order valence-corrected chi connectivity index (χ2v) is 5.91. The lowest BCUT2D eigenvalue weighted by Crippen LogP contribution is -2.60. The molecule has 0 spiro atoms. The summed E-state index contributed by atoms with van der Waals surface area (Å²) in [4.78, 5) is 2.51. The van der Waals surface area contributed by atoms with Gasteiger partial charge < -0.3 is 19.7 Å². The van der Waals surface area contributed by atoms with Gasteiger partial charge in [0, 0.05) is 38.9 Å². The van der Waals surface area contributed by atoms with Gasteiger partial charge in [-0.1, -0.05) is 12.8 Å². The van der Waals surface area contributed by atoms with E-state index in [1.54, 1.807) is 7.11 Å². The Morgan fingerprint density at radius 3 is 2.63 bits per heavy atom. The number of nitrogens with one attached hydrogen (secondary N) is 1. The van der Waals surface area contributed by atoms with Crippen LogP contribution in [0.3, 0.4) is 0 Å². The van der Waals surface area contributed by atoms with Crippen molar-refractivity contribution in [1.82, 2.24) is 10.2 Å². The van der Waals surface area contributed by atoms with Gasteiger partial charge in [-0.2, -0.15) is 0 Å². The van der Waals surface area contributed by atoms with Crippen molar-refractivity contribution >= 4 is 0 Å². The van der Waals surface area contributed by atoms with Gasteiger partial charge in [-0.25, -0.2) is 0 Å². The number of ether oxygens (including phenoxy) is 2. The van der Waals surface area contributed by atoms with Crippen molar-refractivity contribution in [3.8, 4) is 0 Å². The molecule has 4 heteroatoms. The van der Waals surface area contributed by atoms with Crippen molar-refractivity contribution in [3.63, 3.8) is 0 Å². The monoisotopic (exact) mass is 270 g/mol. The van der Waals surface area contributed by atoms with E-state index < -0.39 is 0 Å². The Kier molecular flexibility index (Phi) is 6.07. The van der Waals surface area contributed by atoms with E-state index in [0.29, 0.717) is 12.1 Å². The maximum absolute atomic E-state index is 5.64. The molecule has 112 valence electrons. The summed E-state index contributed by atoms with van der Waals surface area (Å²) in [5.74, 6) is 0. The third-order valence-electron chi connectivity index (χ3n) is 4.72. The van der Waals surface area contributed by atoms with E-state index in [1.807, 2.05) is 6.92 Å². The summed E-state index contributed by atoms with van der Waals surface area (Å²) in [5.41, 5.74) is 0. The molecule has 3 unspecified atom stereocenters. The molecule has 0 aromatic carbocycles. The summed E-state index contributed by atoms with van der Waals surface area (Å²) in [6, 6.07) is 1.29. The van der Waals surface area contributed by atoms with Crippen molar-refractivity contribution in [2.45, 2.75) is 63.3 Å². The Morgan fingerprint density at radius 1 is 1.26 bits per heavy atom. The van der Waals surface area contributed by atoms with Gasteiger partial charge in [0.25, 0.3) is 0 Å². The average molecular weight is 270 g/mol. The highest BCUT2D eigenvalue weighted by Gasteiger charge is 2.41. The Morgan fingerprint density at radius 2 is 2.00 bits per heavy atom. The van der Waals surface area contributed by atoms with Crippen LogP contribution >= 0.6 is 0 Å². The van der Waals surface area contributed by atoms with Crippen LogP contribution in [0, 0.1) is 0 Å². The third kappa shape index (κ3) is 3.91. The van der Waals surface area contributed by atoms with Gasteiger partial charge in [0.15, 0.2) is 0 Å². The predicted molar refractivity (Wildman–Crippen MR) is 77.5 cm³/mol. The minimum Gasteiger partial charge on any atom is -0.377 e. The van der Waals surface area contributed by atoms with Crippen molar-refractivity contribution in [2.75, 3.05) is 33.9 Å². The molecule has 0 saturated heterocycles. The highest BCUT2D eigenvalue weighted by Crippen LogP contribution is 2.27. The second-order valence-electron chi connectivity index (χ2n) is 5.91. The van der Waals surface area contributed by atoms with E-state index in [0.717, 1.165) is 32.2 Å². The molecule has 3 atom stereocenters. The molecule has 2 saturated carbocycles. The highest BCUT2D eigenvalue weighted by atomic mass is 16.5. The molecular weight excluding hydrogens is 240 g/mol. The number of rotatable bonds is 8. The molecule has 0 aromatic heterocycles. The first-order valence-electron chi connectivity index (χ1n) is 7.84. The number of methoxy groups -OCH3 is 1. The van der Waals surface area contributed by atoms with E-state index in [-0.39, 0.29) is 6.10 Å². The molecule has 4 nitrogen and oxygen atoms in total. The zero-order valence-corrected chi connectivity index (χ0v) is 12.7. The summed E-state index contributed by atoms with van der Waals surface area (Å²) >= 11 is 0. The van der Waals surface area contributed by atoms with Crippen LogP contribution in [0.15, 0.2) is 0 Å². The SMILES string of the molecule is CCOC1CC(NCCN(C)C2CCCC2)C1OC. The van der Waals surface area contributed by atoms with Crippen molar-refractivity contribution in [2.24, 2.45) is 0 Å². The largest absolute Gasteiger partial charge is 0.377 e. The minimum absolute atomic E-state index is 0.233. The molecule has 19 heavy (non-hydrogen) atoms. The first kappa shape index (κ1) is 15.2. The quantitative estimate of drug-likeness (QED) is 0.727. The number of hydrogen-bond acceptors (Lipinski definition) is 4. The molecule has 0 radical (unpaired) electrons. The highest BCUT2D eigenvalue weighted by molar-refractivity contribution is 4.97. The van der Waals surface area contributed by atoms with E-state index in [1.165, 1.54) is 25.7 Å². The summed E-state index contributed by atoms with van der Waals surface area (Å²) in [5, 5.41) is 3.62. The molecule has 2 aliphatic carbocycles. The lowest BCUT2D eigenvalue weighted by Gasteiger charge is -2.43. The number of hydrogen-bond donors (Lipinski definition) is 1. The van der Waals surface area contributed by atoms with Crippen LogP contribution in [0.25, 0.3) is 0 Å². The average Bonchev–Trinajstić information content (AvgIpc) is 2.90. The Hall–Kier alpha value is -0.160. The summed E-state index contributed by atoms with van der Waals surface area (Å²) in [6.45, 7) is 5.01. The zero-order valence-electron chi connectivity index (χ0n) is 12.7. The summed E-state index contributed by atoms with van der Waals surface area (Å²) in [7, 11) is 4.05. The number of nitrogens with zero attached hydrogens (tertiary/aromatic N) is 1. The van der Waals surface area contributed by atoms with E-state index in [9.17, 15) is 0 Å². The van der Waals surface area contributed by atoms with Gasteiger partial charge >= 0.3 is 0 Å². The van der Waals surface area contributed by atoms with Gasteiger partial charge in [0.2, 0.25) is 0 Å². The normalized spacial score (nSPS) is 31.9. The van der Waals surface area contributed by atoms with Crippen LogP contribution in [0.4, 0.5) is 0 Å². The fourth-order valence-corrected chi connectivity index (χ4v) is 3.43. The van der Waals surface area contributed by atoms with Crippen molar-refractivity contribution in [3.05, 3.63) is 0 Å². The van der Waals surface area contributed by atoms with Crippen LogP contribution in [0.1, 0.15) is 39.0 Å². The first-order chi connectivity index (χ1) is 9.26. The minimum atomic E-state index is 0.233. The van der Waals surface area contributed by atoms with Gasteiger partial charge in [-0.05, 0) is 33.2 Å². The molecule has 0 aliphatic heterocycles. The predicted octanol–water partition coefficient (Wildman–Crippen LogP) is 1.64. The van der Waals surface area contributed by atoms with E-state index in [4.69, 9.17) is 9.47 Å². The summed E-state index contributed by atoms with van der Waals surface area (Å²) < 4.78 is 11.2. The maximum Gasteiger partial charge on any atom is 0.0986 e. The van der Waals surface area contributed by atoms with Gasteiger partial charge in [0.05, 0.1) is 12.2 Å². The van der Waals surface area contributed by atoms with Crippen molar-refractivity contribution < 1.29 is 9.47 Å². The number of likely N-dealkylation sites (N-methyl/N-ethyl adjacent to an activating group) is 1. The molecule has 2 fully saturated rings. The lowest BCUT2D eigenvalue weighted by molar-refractivity contribution is -0.131. The van der Waals surface area contributed by atoms with Gasteiger partial charge in [0.1, 0.15) is 0 Å². The molecular formula is C15H30N2O2. The van der Waals surface area contributed by atoms with Crippen LogP contribution in [-0.4, -0.2) is 63.0 Å². The molecule has 2 aliphatic rings. The van der Waals surface area contributed by atoms with Gasteiger partial charge in [-0.3, -0.25) is 0 Å². The lowest BCUT2D eigenvalue weighted by atomic mass is 9.85. The van der Waals surface area contributed by atoms with Gasteiger partial charge in [-0.15, -0.1) is 0 Å². The topological polar surface area (TPSA) is 33.7 Å². The molecule has 0 amide bonds. The maximum atomic E-state index is 5.64. The molecule has 0 bridgehead atoms. The summed E-state index contributed by atoms with van der Waals surface area (Å²) in [6.07, 6.45) is 7.19. The second kappa shape index (κ2) is 7.58. The van der Waals surface area contributed by atoms with Crippen LogP contribution in [0.2, 0.25) is 0 Å².